The first-order valence-corrected chi connectivity index (χ1v) is 16.2. The molecule has 8 aliphatic rings. The average Bonchev–Trinajstić information content (AvgIpc) is 3.73. The molecule has 0 spiro atoms. The van der Waals surface area contributed by atoms with Crippen LogP contribution in [-0.4, -0.2) is 64.1 Å². The normalized spacial score (nSPS) is 39.8. The zero-order valence-corrected chi connectivity index (χ0v) is 26.9. The van der Waals surface area contributed by atoms with Crippen LogP contribution >= 0.6 is 0 Å². The third-order valence-electron chi connectivity index (χ3n) is 10.4. The number of imide groups is 1. The van der Waals surface area contributed by atoms with Crippen molar-refractivity contribution in [3.63, 3.8) is 0 Å². The number of nitrogens with two attached hydrogens (primary N) is 1. The second-order valence-electron chi connectivity index (χ2n) is 15.7. The number of fused-ring (bicyclic) bond motifs is 12. The SMILES string of the molecule is CC(C)(C)OC(=O)N1C(=O)[C@@H]2[C@H]1[C@H]1C=C[C@@H]2C1.CC(C)(C)OC(=O)N[C@H]1[C@@H](C(N)=O)[C@@H]2C=C[C@H]1C2.O=C1N[C@H]2[C@@H]1[C@@H]1C=C[C@H]2C1. The molecule has 0 aromatic heterocycles. The minimum absolute atomic E-state index is 0.0394. The second kappa shape index (κ2) is 11.0. The van der Waals surface area contributed by atoms with Crippen molar-refractivity contribution in [1.29, 1.82) is 0 Å². The highest BCUT2D eigenvalue weighted by Crippen LogP contribution is 2.53. The molecule has 2 heterocycles. The van der Waals surface area contributed by atoms with Gasteiger partial charge in [0.1, 0.15) is 11.2 Å². The largest absolute Gasteiger partial charge is 0.444 e. The van der Waals surface area contributed by atoms with E-state index in [2.05, 4.69) is 34.9 Å². The van der Waals surface area contributed by atoms with Gasteiger partial charge in [0.05, 0.1) is 29.8 Å². The highest BCUT2D eigenvalue weighted by molar-refractivity contribution is 6.00. The van der Waals surface area contributed by atoms with E-state index < -0.39 is 23.4 Å². The molecular weight excluding hydrogens is 576 g/mol. The number of allylic oxidation sites excluding steroid dienone is 3. The summed E-state index contributed by atoms with van der Waals surface area (Å²) in [6, 6.07) is 0.349. The van der Waals surface area contributed by atoms with E-state index in [1.165, 1.54) is 11.3 Å². The molecule has 4 N–H and O–H groups in total. The lowest BCUT2D eigenvalue weighted by molar-refractivity contribution is -0.154. The molecule has 12 atom stereocenters. The smallest absolute Gasteiger partial charge is 0.417 e. The van der Waals surface area contributed by atoms with Gasteiger partial charge in [0.15, 0.2) is 0 Å². The lowest BCUT2D eigenvalue weighted by Crippen LogP contribution is -2.65. The van der Waals surface area contributed by atoms with E-state index in [4.69, 9.17) is 15.2 Å². The second-order valence-corrected chi connectivity index (χ2v) is 15.7. The third-order valence-corrected chi connectivity index (χ3v) is 10.4. The predicted octanol–water partition coefficient (Wildman–Crippen LogP) is 3.45. The molecular formula is C34H46N4O7. The molecule has 2 saturated heterocycles. The standard InChI is InChI=1S/C13H20N2O3.C13H17NO3.C8H9NO/c1-13(2,3)18-12(17)15-10-8-5-4-7(6-8)9(10)11(14)16;1-13(2,3)17-12(16)14-10-8-5-4-7(6-8)9(10)11(14)15;10-8-6-4-1-2-5(3-4)7(6)9-8/h4-5,7-10H,6H2,1-3H3,(H2,14,16)(H,15,17);4-5,7-10H,6H2,1-3H3;1-2,4-7H,3H2,(H,9,10)/t2*7-,8+,9+,10-;4-,5+,6+,7-/m111/s1. The van der Waals surface area contributed by atoms with Crippen molar-refractivity contribution in [1.82, 2.24) is 15.5 Å². The van der Waals surface area contributed by atoms with E-state index in [9.17, 15) is 24.0 Å². The monoisotopic (exact) mass is 622 g/mol. The van der Waals surface area contributed by atoms with Crippen LogP contribution in [0.15, 0.2) is 36.5 Å². The number of β-lactam (4-membered cyclic amide) rings is 2. The van der Waals surface area contributed by atoms with Gasteiger partial charge in [-0.2, -0.15) is 0 Å². The molecule has 5 amide bonds. The summed E-state index contributed by atoms with van der Waals surface area (Å²) in [5.74, 6) is 2.28. The zero-order chi connectivity index (χ0) is 32.6. The molecule has 0 aromatic carbocycles. The fourth-order valence-corrected chi connectivity index (χ4v) is 8.62. The van der Waals surface area contributed by atoms with E-state index in [1.807, 2.05) is 32.9 Å². The summed E-state index contributed by atoms with van der Waals surface area (Å²) >= 11 is 0. The fraction of sp³-hybridized carbons (Fsp3) is 0.676. The van der Waals surface area contributed by atoms with Gasteiger partial charge in [-0.25, -0.2) is 14.5 Å². The van der Waals surface area contributed by atoms with Crippen molar-refractivity contribution < 1.29 is 33.4 Å². The highest BCUT2D eigenvalue weighted by atomic mass is 16.6. The minimum atomic E-state index is -0.546. The predicted molar refractivity (Wildman–Crippen MR) is 164 cm³/mol. The molecule has 11 nitrogen and oxygen atoms in total. The van der Waals surface area contributed by atoms with Crippen LogP contribution < -0.4 is 16.4 Å². The number of alkyl carbamates (subject to hydrolysis) is 1. The Kier molecular flexibility index (Phi) is 7.68. The van der Waals surface area contributed by atoms with E-state index in [0.717, 1.165) is 12.8 Å². The molecule has 5 fully saturated rings. The molecule has 0 unspecified atom stereocenters. The molecule has 2 aliphatic heterocycles. The summed E-state index contributed by atoms with van der Waals surface area (Å²) in [6.45, 7) is 10.9. The Morgan fingerprint density at radius 1 is 0.778 bits per heavy atom. The number of rotatable bonds is 2. The highest BCUT2D eigenvalue weighted by Gasteiger charge is 2.63. The van der Waals surface area contributed by atoms with Crippen LogP contribution in [0.2, 0.25) is 0 Å². The Labute approximate surface area is 264 Å². The minimum Gasteiger partial charge on any atom is -0.444 e. The molecule has 244 valence electrons. The Morgan fingerprint density at radius 3 is 1.89 bits per heavy atom. The van der Waals surface area contributed by atoms with Gasteiger partial charge in [0.2, 0.25) is 17.7 Å². The van der Waals surface area contributed by atoms with Crippen LogP contribution in [0, 0.1) is 53.3 Å². The van der Waals surface area contributed by atoms with Crippen LogP contribution in [0.4, 0.5) is 9.59 Å². The average molecular weight is 623 g/mol. The number of carbonyl (C=O) groups is 5. The van der Waals surface area contributed by atoms with Gasteiger partial charge in [-0.3, -0.25) is 14.4 Å². The lowest BCUT2D eigenvalue weighted by Gasteiger charge is -2.46. The van der Waals surface area contributed by atoms with Crippen molar-refractivity contribution in [2.75, 3.05) is 0 Å². The quantitative estimate of drug-likeness (QED) is 0.315. The molecule has 0 aromatic rings. The van der Waals surface area contributed by atoms with Gasteiger partial charge < -0.3 is 25.8 Å². The molecule has 8 rings (SSSR count). The number of nitrogens with one attached hydrogen (secondary N) is 2. The number of nitrogens with zero attached hydrogens (tertiary/aromatic N) is 1. The topological polar surface area (TPSA) is 157 Å². The van der Waals surface area contributed by atoms with Gasteiger partial charge in [0.25, 0.3) is 0 Å². The van der Waals surface area contributed by atoms with Crippen molar-refractivity contribution in [2.45, 2.75) is 90.1 Å². The molecule has 11 heteroatoms. The van der Waals surface area contributed by atoms with Crippen molar-refractivity contribution in [3.8, 4) is 0 Å². The van der Waals surface area contributed by atoms with Gasteiger partial charge in [-0.1, -0.05) is 36.5 Å². The fourth-order valence-electron chi connectivity index (χ4n) is 8.62. The Balaban J connectivity index is 0.000000123. The molecule has 45 heavy (non-hydrogen) atoms. The summed E-state index contributed by atoms with van der Waals surface area (Å²) < 4.78 is 10.5. The maximum absolute atomic E-state index is 12.0. The maximum Gasteiger partial charge on any atom is 0.417 e. The number of carbonyl (C=O) groups excluding carboxylic acids is 5. The van der Waals surface area contributed by atoms with Gasteiger partial charge in [0, 0.05) is 6.04 Å². The maximum atomic E-state index is 12.0. The van der Waals surface area contributed by atoms with Crippen LogP contribution in [0.5, 0.6) is 0 Å². The van der Waals surface area contributed by atoms with E-state index >= 15 is 0 Å². The van der Waals surface area contributed by atoms with Crippen LogP contribution in [0.1, 0.15) is 60.8 Å². The molecule has 0 radical (unpaired) electrons. The van der Waals surface area contributed by atoms with Crippen molar-refractivity contribution in [2.24, 2.45) is 59.0 Å². The van der Waals surface area contributed by atoms with Crippen LogP contribution in [0.3, 0.4) is 0 Å². The first kappa shape index (κ1) is 31.4. The number of primary amides is 1. The van der Waals surface area contributed by atoms with Crippen LogP contribution in [-0.2, 0) is 23.9 Å². The number of likely N-dealkylation sites (tertiary alicyclic amines) is 1. The summed E-state index contributed by atoms with van der Waals surface area (Å²) in [5.41, 5.74) is 4.33. The summed E-state index contributed by atoms with van der Waals surface area (Å²) in [6.07, 6.45) is 14.9. The van der Waals surface area contributed by atoms with Gasteiger partial charge in [-0.05, 0) is 96.3 Å². The van der Waals surface area contributed by atoms with Gasteiger partial charge in [-0.15, -0.1) is 0 Å². The Hall–Kier alpha value is -3.63. The summed E-state index contributed by atoms with van der Waals surface area (Å²) in [7, 11) is 0. The van der Waals surface area contributed by atoms with E-state index in [1.54, 1.807) is 20.8 Å². The van der Waals surface area contributed by atoms with Crippen molar-refractivity contribution in [3.05, 3.63) is 36.5 Å². The number of hydrogen-bond acceptors (Lipinski definition) is 7. The Bertz CT molecular complexity index is 1370. The molecule has 3 saturated carbocycles. The summed E-state index contributed by atoms with van der Waals surface area (Å²) in [5, 5.41) is 5.73. The van der Waals surface area contributed by atoms with Crippen molar-refractivity contribution >= 4 is 29.9 Å². The number of amides is 5. The molecule has 6 aliphatic carbocycles. The Morgan fingerprint density at radius 2 is 1.31 bits per heavy atom. The molecule has 6 bridgehead atoms. The first-order valence-electron chi connectivity index (χ1n) is 16.2. The lowest BCUT2D eigenvalue weighted by atomic mass is 9.80. The van der Waals surface area contributed by atoms with Gasteiger partial charge >= 0.3 is 12.2 Å². The van der Waals surface area contributed by atoms with E-state index in [0.29, 0.717) is 35.6 Å². The number of hydrogen-bond donors (Lipinski definition) is 3. The number of ether oxygens (including phenoxy) is 2. The van der Waals surface area contributed by atoms with E-state index in [-0.39, 0.29) is 53.5 Å². The zero-order valence-electron chi connectivity index (χ0n) is 26.9. The third kappa shape index (κ3) is 5.78. The van der Waals surface area contributed by atoms with Crippen LogP contribution in [0.25, 0.3) is 0 Å². The first-order chi connectivity index (χ1) is 21.0. The summed E-state index contributed by atoms with van der Waals surface area (Å²) in [4.78, 5) is 59.4.